The number of hydrogen-bond donors (Lipinski definition) is 0. The average Bonchev–Trinajstić information content (AvgIpc) is 2.50. The fourth-order valence-corrected chi connectivity index (χ4v) is 1.94. The van der Waals surface area contributed by atoms with E-state index in [2.05, 4.69) is 35.8 Å². The van der Waals surface area contributed by atoms with E-state index in [-0.39, 0.29) is 0 Å². The van der Waals surface area contributed by atoms with Crippen LogP contribution in [0.25, 0.3) is 0 Å². The van der Waals surface area contributed by atoms with Crippen LogP contribution in [0, 0.1) is 0 Å². The third-order valence-electron chi connectivity index (χ3n) is 2.86. The molecule has 1 aliphatic heterocycles. The highest BCUT2D eigenvalue weighted by Gasteiger charge is 2.30. The van der Waals surface area contributed by atoms with Gasteiger partial charge in [0.25, 0.3) is 0 Å². The number of aromatic nitrogens is 3. The smallest absolute Gasteiger partial charge is 0.138 e. The van der Waals surface area contributed by atoms with Gasteiger partial charge in [-0.2, -0.15) is 5.10 Å². The topological polar surface area (TPSA) is 34.0 Å². The summed E-state index contributed by atoms with van der Waals surface area (Å²) in [7, 11) is 0. The Morgan fingerprint density at radius 3 is 2.79 bits per heavy atom. The quantitative estimate of drug-likeness (QED) is 0.727. The molecule has 0 N–H and O–H groups in total. The average molecular weight is 194 g/mol. The number of rotatable bonds is 3. The van der Waals surface area contributed by atoms with E-state index in [4.69, 9.17) is 0 Å². The van der Waals surface area contributed by atoms with Crippen molar-refractivity contribution in [1.29, 1.82) is 0 Å². The van der Waals surface area contributed by atoms with E-state index in [9.17, 15) is 0 Å². The van der Waals surface area contributed by atoms with Gasteiger partial charge >= 0.3 is 0 Å². The normalized spacial score (nSPS) is 18.9. The Balaban J connectivity index is 2.07. The van der Waals surface area contributed by atoms with Crippen molar-refractivity contribution in [3.05, 3.63) is 12.2 Å². The molecule has 0 bridgehead atoms. The van der Waals surface area contributed by atoms with Crippen LogP contribution in [0.1, 0.15) is 38.6 Å². The van der Waals surface area contributed by atoms with E-state index in [0.29, 0.717) is 12.0 Å². The third kappa shape index (κ3) is 1.54. The van der Waals surface area contributed by atoms with Crippen molar-refractivity contribution in [2.75, 3.05) is 19.6 Å². The van der Waals surface area contributed by atoms with Gasteiger partial charge in [-0.25, -0.2) is 9.67 Å². The predicted octanol–water partition coefficient (Wildman–Crippen LogP) is 1.28. The van der Waals surface area contributed by atoms with E-state index < -0.39 is 0 Å². The molecule has 78 valence electrons. The summed E-state index contributed by atoms with van der Waals surface area (Å²) < 4.78 is 2.04. The summed E-state index contributed by atoms with van der Waals surface area (Å²) in [6.07, 6.45) is 1.67. The highest BCUT2D eigenvalue weighted by Crippen LogP contribution is 2.25. The molecular weight excluding hydrogens is 176 g/mol. The molecule has 0 atom stereocenters. The molecule has 0 amide bonds. The second-order valence-electron chi connectivity index (χ2n) is 4.21. The van der Waals surface area contributed by atoms with Crippen molar-refractivity contribution in [1.82, 2.24) is 19.7 Å². The molecule has 0 saturated carbocycles. The van der Waals surface area contributed by atoms with Crippen molar-refractivity contribution in [3.63, 3.8) is 0 Å². The molecule has 2 heterocycles. The first-order valence-corrected chi connectivity index (χ1v) is 5.34. The monoisotopic (exact) mass is 194 g/mol. The Hall–Kier alpha value is -0.900. The van der Waals surface area contributed by atoms with Gasteiger partial charge in [-0.1, -0.05) is 6.92 Å². The van der Waals surface area contributed by atoms with Gasteiger partial charge in [0.15, 0.2) is 0 Å². The van der Waals surface area contributed by atoms with Crippen LogP contribution in [0.15, 0.2) is 6.33 Å². The van der Waals surface area contributed by atoms with Crippen molar-refractivity contribution >= 4 is 0 Å². The van der Waals surface area contributed by atoms with E-state index in [1.165, 1.54) is 0 Å². The summed E-state index contributed by atoms with van der Waals surface area (Å²) in [6, 6.07) is 0.420. The van der Waals surface area contributed by atoms with E-state index in [0.717, 1.165) is 25.5 Å². The Morgan fingerprint density at radius 2 is 2.21 bits per heavy atom. The fraction of sp³-hybridized carbons (Fsp3) is 0.800. The third-order valence-corrected chi connectivity index (χ3v) is 2.86. The highest BCUT2D eigenvalue weighted by molar-refractivity contribution is 5.04. The molecule has 1 saturated heterocycles. The lowest BCUT2D eigenvalue weighted by Gasteiger charge is -2.38. The zero-order valence-electron chi connectivity index (χ0n) is 9.14. The van der Waals surface area contributed by atoms with Crippen molar-refractivity contribution in [2.24, 2.45) is 0 Å². The fourth-order valence-electron chi connectivity index (χ4n) is 1.94. The lowest BCUT2D eigenvalue weighted by molar-refractivity contribution is 0.147. The Bertz CT molecular complexity index is 299. The second kappa shape index (κ2) is 3.69. The Morgan fingerprint density at radius 1 is 1.50 bits per heavy atom. The van der Waals surface area contributed by atoms with Crippen LogP contribution in [0.2, 0.25) is 0 Å². The molecule has 4 heteroatoms. The molecule has 4 nitrogen and oxygen atoms in total. The predicted molar refractivity (Wildman–Crippen MR) is 55.3 cm³/mol. The molecule has 0 aromatic carbocycles. The first-order valence-electron chi connectivity index (χ1n) is 5.34. The summed E-state index contributed by atoms with van der Waals surface area (Å²) in [5, 5.41) is 4.26. The number of likely N-dealkylation sites (N-methyl/N-ethyl adjacent to an activating group) is 1. The largest absolute Gasteiger partial charge is 0.302 e. The summed E-state index contributed by atoms with van der Waals surface area (Å²) in [5.41, 5.74) is 0. The van der Waals surface area contributed by atoms with Crippen LogP contribution < -0.4 is 0 Å². The van der Waals surface area contributed by atoms with E-state index in [1.54, 1.807) is 6.33 Å². The standard InChI is InChI=1S/C10H18N4/c1-4-13-5-9(6-13)10-11-7-12-14(10)8(2)3/h7-9H,4-6H2,1-3H3. The number of hydrogen-bond acceptors (Lipinski definition) is 3. The first kappa shape index (κ1) is 9.65. The molecule has 1 aromatic rings. The zero-order valence-corrected chi connectivity index (χ0v) is 9.14. The van der Waals surface area contributed by atoms with Gasteiger partial charge in [-0.3, -0.25) is 0 Å². The Kier molecular flexibility index (Phi) is 2.54. The molecule has 1 aliphatic rings. The second-order valence-corrected chi connectivity index (χ2v) is 4.21. The molecule has 1 aromatic heterocycles. The van der Waals surface area contributed by atoms with E-state index in [1.807, 2.05) is 4.68 Å². The van der Waals surface area contributed by atoms with Crippen molar-refractivity contribution < 1.29 is 0 Å². The number of likely N-dealkylation sites (tertiary alicyclic amines) is 1. The summed E-state index contributed by atoms with van der Waals surface area (Å²) in [6.45, 7) is 9.92. The van der Waals surface area contributed by atoms with Crippen LogP contribution in [0.3, 0.4) is 0 Å². The van der Waals surface area contributed by atoms with Crippen LogP contribution in [0.5, 0.6) is 0 Å². The van der Waals surface area contributed by atoms with Gasteiger partial charge in [-0.15, -0.1) is 0 Å². The van der Waals surface area contributed by atoms with Gasteiger partial charge in [-0.05, 0) is 20.4 Å². The molecule has 0 aliphatic carbocycles. The number of nitrogens with zero attached hydrogens (tertiary/aromatic N) is 4. The molecule has 2 rings (SSSR count). The molecule has 14 heavy (non-hydrogen) atoms. The van der Waals surface area contributed by atoms with Crippen molar-refractivity contribution in [2.45, 2.75) is 32.7 Å². The zero-order chi connectivity index (χ0) is 10.1. The molecule has 1 fully saturated rings. The van der Waals surface area contributed by atoms with E-state index >= 15 is 0 Å². The minimum atomic E-state index is 0.420. The van der Waals surface area contributed by atoms with Crippen molar-refractivity contribution in [3.8, 4) is 0 Å². The summed E-state index contributed by atoms with van der Waals surface area (Å²) in [5.74, 6) is 1.75. The summed E-state index contributed by atoms with van der Waals surface area (Å²) in [4.78, 5) is 6.77. The van der Waals surface area contributed by atoms with Gasteiger partial charge in [0.2, 0.25) is 0 Å². The molecular formula is C10H18N4. The summed E-state index contributed by atoms with van der Waals surface area (Å²) >= 11 is 0. The molecule has 0 radical (unpaired) electrons. The van der Waals surface area contributed by atoms with Crippen LogP contribution in [-0.4, -0.2) is 39.3 Å². The maximum atomic E-state index is 4.35. The minimum absolute atomic E-state index is 0.420. The maximum Gasteiger partial charge on any atom is 0.138 e. The van der Waals surface area contributed by atoms with Crippen LogP contribution in [0.4, 0.5) is 0 Å². The lowest BCUT2D eigenvalue weighted by Crippen LogP contribution is -2.45. The van der Waals surface area contributed by atoms with Crippen LogP contribution in [-0.2, 0) is 0 Å². The van der Waals surface area contributed by atoms with Gasteiger partial charge in [0.05, 0.1) is 0 Å². The van der Waals surface area contributed by atoms with Gasteiger partial charge in [0, 0.05) is 25.0 Å². The SMILES string of the molecule is CCN1CC(c2ncnn2C(C)C)C1. The Labute approximate surface area is 84.9 Å². The molecule has 0 unspecified atom stereocenters. The maximum absolute atomic E-state index is 4.35. The lowest BCUT2D eigenvalue weighted by atomic mass is 9.99. The van der Waals surface area contributed by atoms with Gasteiger partial charge < -0.3 is 4.90 Å². The molecule has 0 spiro atoms. The first-order chi connectivity index (χ1) is 6.72. The minimum Gasteiger partial charge on any atom is -0.302 e. The van der Waals surface area contributed by atoms with Crippen LogP contribution >= 0.6 is 0 Å². The van der Waals surface area contributed by atoms with Gasteiger partial charge in [0.1, 0.15) is 12.2 Å². The highest BCUT2D eigenvalue weighted by atomic mass is 15.4.